The smallest absolute Gasteiger partial charge is 0.130 e. The third-order valence-electron chi connectivity index (χ3n) is 3.63. The van der Waals surface area contributed by atoms with Crippen LogP contribution in [0.25, 0.3) is 0 Å². The van der Waals surface area contributed by atoms with E-state index >= 15 is 0 Å². The lowest BCUT2D eigenvalue weighted by Gasteiger charge is -2.14. The quantitative estimate of drug-likeness (QED) is 0.920. The van der Waals surface area contributed by atoms with Gasteiger partial charge >= 0.3 is 0 Å². The first kappa shape index (κ1) is 15.1. The molecule has 2 rings (SSSR count). The molecule has 0 aliphatic heterocycles. The molecule has 2 aromatic rings. The van der Waals surface area contributed by atoms with Crippen molar-refractivity contribution >= 4 is 11.6 Å². The molecular weight excluding hydrogens is 272 g/mol. The van der Waals surface area contributed by atoms with Gasteiger partial charge in [-0.1, -0.05) is 41.4 Å². The molecule has 1 atom stereocenters. The summed E-state index contributed by atoms with van der Waals surface area (Å²) in [5.74, 6) is 0.164. The van der Waals surface area contributed by atoms with Crippen LogP contribution in [0.4, 0.5) is 0 Å². The van der Waals surface area contributed by atoms with E-state index in [4.69, 9.17) is 11.6 Å². The molecule has 0 aliphatic rings. The Hall–Kier alpha value is -1.32. The number of hydrogen-bond acceptors (Lipinski definition) is 2. The number of nitrogens with zero attached hydrogens (tertiary/aromatic N) is 2. The minimum absolute atomic E-state index is 0.151. The molecule has 0 radical (unpaired) electrons. The van der Waals surface area contributed by atoms with Crippen LogP contribution >= 0.6 is 11.6 Å². The molecule has 1 N–H and O–H groups in total. The van der Waals surface area contributed by atoms with Crippen molar-refractivity contribution < 1.29 is 5.11 Å². The number of aliphatic hydroxyl groups excluding tert-OH is 1. The van der Waals surface area contributed by atoms with E-state index in [1.807, 2.05) is 14.0 Å². The summed E-state index contributed by atoms with van der Waals surface area (Å²) in [5, 5.41) is 14.6. The maximum absolute atomic E-state index is 9.64. The number of aryl methyl sites for hydroxylation is 3. The molecule has 1 aromatic carbocycles. The first-order valence-electron chi connectivity index (χ1n) is 6.85. The van der Waals surface area contributed by atoms with E-state index in [1.165, 1.54) is 11.1 Å². The van der Waals surface area contributed by atoms with Gasteiger partial charge in [0.2, 0.25) is 0 Å². The standard InChI is InChI=1S/C16H21ClN2O/c1-11-5-4-6-13(7-11)8-14(10-20)9-15-12(2)18-19(3)16(15)17/h4-7,14,20H,8-10H2,1-3H3. The van der Waals surface area contributed by atoms with Crippen molar-refractivity contribution in [3.8, 4) is 0 Å². The lowest BCUT2D eigenvalue weighted by molar-refractivity contribution is 0.225. The van der Waals surface area contributed by atoms with Crippen molar-refractivity contribution in [3.63, 3.8) is 0 Å². The summed E-state index contributed by atoms with van der Waals surface area (Å²) >= 11 is 6.26. The Morgan fingerprint density at radius 1 is 1.30 bits per heavy atom. The van der Waals surface area contributed by atoms with Gasteiger partial charge in [0.1, 0.15) is 5.15 Å². The summed E-state index contributed by atoms with van der Waals surface area (Å²) in [7, 11) is 1.84. The van der Waals surface area contributed by atoms with Gasteiger partial charge < -0.3 is 5.11 Å². The van der Waals surface area contributed by atoms with Crippen LogP contribution in [-0.4, -0.2) is 21.5 Å². The third kappa shape index (κ3) is 3.41. The fourth-order valence-corrected chi connectivity index (χ4v) is 2.82. The second kappa shape index (κ2) is 6.42. The zero-order valence-corrected chi connectivity index (χ0v) is 13.0. The largest absolute Gasteiger partial charge is 0.396 e. The summed E-state index contributed by atoms with van der Waals surface area (Å²) in [6.45, 7) is 4.19. The van der Waals surface area contributed by atoms with Crippen molar-refractivity contribution in [2.24, 2.45) is 13.0 Å². The van der Waals surface area contributed by atoms with Crippen LogP contribution in [0.15, 0.2) is 24.3 Å². The van der Waals surface area contributed by atoms with Gasteiger partial charge in [-0.05, 0) is 38.2 Å². The fourth-order valence-electron chi connectivity index (χ4n) is 2.57. The maximum atomic E-state index is 9.64. The Bertz CT molecular complexity index is 592. The second-order valence-corrected chi connectivity index (χ2v) is 5.78. The molecule has 0 bridgehead atoms. The summed E-state index contributed by atoms with van der Waals surface area (Å²) in [6.07, 6.45) is 1.60. The van der Waals surface area contributed by atoms with E-state index in [0.717, 1.165) is 24.1 Å². The molecule has 1 aromatic heterocycles. The Balaban J connectivity index is 2.13. The molecule has 3 nitrogen and oxygen atoms in total. The normalized spacial score (nSPS) is 12.7. The Morgan fingerprint density at radius 2 is 2.05 bits per heavy atom. The van der Waals surface area contributed by atoms with Crippen molar-refractivity contribution in [2.75, 3.05) is 6.61 Å². The van der Waals surface area contributed by atoms with E-state index in [1.54, 1.807) is 4.68 Å². The predicted octanol–water partition coefficient (Wildman–Crippen LogP) is 3.08. The Labute approximate surface area is 125 Å². The van der Waals surface area contributed by atoms with Gasteiger partial charge in [0, 0.05) is 19.2 Å². The molecule has 108 valence electrons. The second-order valence-electron chi connectivity index (χ2n) is 5.42. The van der Waals surface area contributed by atoms with Crippen LogP contribution in [0.5, 0.6) is 0 Å². The topological polar surface area (TPSA) is 38.1 Å². The number of aromatic nitrogens is 2. The average molecular weight is 293 g/mol. The van der Waals surface area contributed by atoms with E-state index in [-0.39, 0.29) is 12.5 Å². The van der Waals surface area contributed by atoms with Crippen molar-refractivity contribution in [1.82, 2.24) is 9.78 Å². The van der Waals surface area contributed by atoms with Gasteiger partial charge in [0.05, 0.1) is 5.69 Å². The monoisotopic (exact) mass is 292 g/mol. The molecule has 0 amide bonds. The van der Waals surface area contributed by atoms with Gasteiger partial charge in [-0.15, -0.1) is 0 Å². The van der Waals surface area contributed by atoms with E-state index in [9.17, 15) is 5.11 Å². The van der Waals surface area contributed by atoms with Gasteiger partial charge in [-0.25, -0.2) is 0 Å². The van der Waals surface area contributed by atoms with Crippen molar-refractivity contribution in [3.05, 3.63) is 51.8 Å². The van der Waals surface area contributed by atoms with Crippen LogP contribution in [0.3, 0.4) is 0 Å². The highest BCUT2D eigenvalue weighted by atomic mass is 35.5. The van der Waals surface area contributed by atoms with Crippen molar-refractivity contribution in [2.45, 2.75) is 26.7 Å². The van der Waals surface area contributed by atoms with Gasteiger partial charge in [0.15, 0.2) is 0 Å². The highest BCUT2D eigenvalue weighted by Gasteiger charge is 2.17. The van der Waals surface area contributed by atoms with Gasteiger partial charge in [-0.2, -0.15) is 5.10 Å². The maximum Gasteiger partial charge on any atom is 0.130 e. The van der Waals surface area contributed by atoms with E-state index in [0.29, 0.717) is 5.15 Å². The first-order chi connectivity index (χ1) is 9.51. The summed E-state index contributed by atoms with van der Waals surface area (Å²) in [5.41, 5.74) is 4.48. The number of hydrogen-bond donors (Lipinski definition) is 1. The first-order valence-corrected chi connectivity index (χ1v) is 7.23. The minimum atomic E-state index is 0.151. The van der Waals surface area contributed by atoms with Gasteiger partial charge in [-0.3, -0.25) is 4.68 Å². The zero-order valence-electron chi connectivity index (χ0n) is 12.2. The van der Waals surface area contributed by atoms with Crippen LogP contribution in [0.1, 0.15) is 22.4 Å². The highest BCUT2D eigenvalue weighted by Crippen LogP contribution is 2.24. The zero-order chi connectivity index (χ0) is 14.7. The molecule has 1 heterocycles. The van der Waals surface area contributed by atoms with E-state index < -0.39 is 0 Å². The SMILES string of the molecule is Cc1cccc(CC(CO)Cc2c(C)nn(C)c2Cl)c1. The van der Waals surface area contributed by atoms with E-state index in [2.05, 4.69) is 36.3 Å². The molecule has 1 unspecified atom stereocenters. The van der Waals surface area contributed by atoms with Crippen LogP contribution in [-0.2, 0) is 19.9 Å². The van der Waals surface area contributed by atoms with Crippen LogP contribution < -0.4 is 0 Å². The summed E-state index contributed by atoms with van der Waals surface area (Å²) in [6, 6.07) is 8.41. The summed E-state index contributed by atoms with van der Waals surface area (Å²) in [4.78, 5) is 0. The Kier molecular flexibility index (Phi) is 4.84. The molecule has 0 saturated carbocycles. The Morgan fingerprint density at radius 3 is 2.60 bits per heavy atom. The van der Waals surface area contributed by atoms with Crippen LogP contribution in [0.2, 0.25) is 5.15 Å². The molecule has 4 heteroatoms. The molecule has 0 saturated heterocycles. The average Bonchev–Trinajstić information content (AvgIpc) is 2.64. The molecule has 20 heavy (non-hydrogen) atoms. The lowest BCUT2D eigenvalue weighted by Crippen LogP contribution is -2.13. The van der Waals surface area contributed by atoms with Crippen LogP contribution in [0, 0.1) is 19.8 Å². The number of halogens is 1. The third-order valence-corrected chi connectivity index (χ3v) is 4.10. The molecular formula is C16H21ClN2O. The number of aliphatic hydroxyl groups is 1. The lowest BCUT2D eigenvalue weighted by atomic mass is 9.93. The minimum Gasteiger partial charge on any atom is -0.396 e. The molecule has 0 spiro atoms. The van der Waals surface area contributed by atoms with Gasteiger partial charge in [0.25, 0.3) is 0 Å². The molecule has 0 aliphatic carbocycles. The highest BCUT2D eigenvalue weighted by molar-refractivity contribution is 6.30. The molecule has 0 fully saturated rings. The predicted molar refractivity (Wildman–Crippen MR) is 82.1 cm³/mol. The fraction of sp³-hybridized carbons (Fsp3) is 0.438. The number of benzene rings is 1. The van der Waals surface area contributed by atoms with Crippen molar-refractivity contribution in [1.29, 1.82) is 0 Å². The number of rotatable bonds is 5. The summed E-state index contributed by atoms with van der Waals surface area (Å²) < 4.78 is 1.69.